The van der Waals surface area contributed by atoms with Gasteiger partial charge in [-0.15, -0.1) is 0 Å². The molecule has 1 aliphatic rings. The molecule has 0 spiro atoms. The number of pyridine rings is 1. The number of rotatable bonds is 5. The van der Waals surface area contributed by atoms with Crippen LogP contribution in [0.2, 0.25) is 0 Å². The molecule has 1 fully saturated rings. The Balaban J connectivity index is 1.54. The summed E-state index contributed by atoms with van der Waals surface area (Å²) in [6.07, 6.45) is 2.37. The lowest BCUT2D eigenvalue weighted by molar-refractivity contribution is -0.116. The molecule has 2 aromatic rings. The second-order valence-corrected chi connectivity index (χ2v) is 6.86. The summed E-state index contributed by atoms with van der Waals surface area (Å²) in [5, 5.41) is 2.86. The minimum Gasteiger partial charge on any atom is -0.368 e. The highest BCUT2D eigenvalue weighted by molar-refractivity contribution is 5.89. The summed E-state index contributed by atoms with van der Waals surface area (Å²) < 4.78 is 0. The number of carbonyl (C=O) groups excluding carboxylic acids is 1. The quantitative estimate of drug-likeness (QED) is 0.908. The molecule has 1 saturated heterocycles. The van der Waals surface area contributed by atoms with Crippen LogP contribution in [0.1, 0.15) is 20.3 Å². The number of nitrogens with zero attached hydrogens (tertiary/aromatic N) is 3. The molecule has 0 bridgehead atoms. The lowest BCUT2D eigenvalue weighted by Gasteiger charge is -2.37. The maximum absolute atomic E-state index is 11.8. The lowest BCUT2D eigenvalue weighted by Crippen LogP contribution is -2.46. The van der Waals surface area contributed by atoms with E-state index in [-0.39, 0.29) is 5.91 Å². The maximum Gasteiger partial charge on any atom is 0.225 e. The van der Waals surface area contributed by atoms with Crippen molar-refractivity contribution in [2.45, 2.75) is 20.3 Å². The van der Waals surface area contributed by atoms with Crippen LogP contribution in [0.25, 0.3) is 0 Å². The average molecular weight is 338 g/mol. The van der Waals surface area contributed by atoms with Crippen LogP contribution in [0.5, 0.6) is 0 Å². The van der Waals surface area contributed by atoms with Crippen LogP contribution in [0.3, 0.4) is 0 Å². The molecule has 0 radical (unpaired) electrons. The van der Waals surface area contributed by atoms with Gasteiger partial charge in [0.1, 0.15) is 5.82 Å². The number of nitrogens with one attached hydrogen (secondary N) is 1. The molecule has 0 aliphatic carbocycles. The zero-order valence-electron chi connectivity index (χ0n) is 15.0. The Kier molecular flexibility index (Phi) is 5.53. The molecule has 25 heavy (non-hydrogen) atoms. The second kappa shape index (κ2) is 8.01. The van der Waals surface area contributed by atoms with Crippen molar-refractivity contribution in [1.82, 2.24) is 4.98 Å². The Morgan fingerprint density at radius 1 is 1.00 bits per heavy atom. The van der Waals surface area contributed by atoms with Gasteiger partial charge in [0.05, 0.1) is 11.9 Å². The molecule has 0 atom stereocenters. The van der Waals surface area contributed by atoms with Crippen molar-refractivity contribution in [1.29, 1.82) is 0 Å². The van der Waals surface area contributed by atoms with Gasteiger partial charge in [0.2, 0.25) is 5.91 Å². The molecule has 5 nitrogen and oxygen atoms in total. The van der Waals surface area contributed by atoms with Gasteiger partial charge >= 0.3 is 0 Å². The number of hydrogen-bond acceptors (Lipinski definition) is 4. The van der Waals surface area contributed by atoms with Crippen LogP contribution in [-0.2, 0) is 4.79 Å². The van der Waals surface area contributed by atoms with E-state index in [0.717, 1.165) is 31.9 Å². The molecular weight excluding hydrogens is 312 g/mol. The van der Waals surface area contributed by atoms with Crippen LogP contribution >= 0.6 is 0 Å². The van der Waals surface area contributed by atoms with Gasteiger partial charge in [-0.25, -0.2) is 4.98 Å². The van der Waals surface area contributed by atoms with Crippen LogP contribution in [0, 0.1) is 5.92 Å². The van der Waals surface area contributed by atoms with Crippen molar-refractivity contribution in [3.8, 4) is 0 Å². The highest BCUT2D eigenvalue weighted by atomic mass is 16.1. The number of anilines is 3. The van der Waals surface area contributed by atoms with Crippen molar-refractivity contribution in [2.75, 3.05) is 41.3 Å². The first-order valence-electron chi connectivity index (χ1n) is 8.92. The number of para-hydroxylation sites is 1. The first kappa shape index (κ1) is 17.3. The summed E-state index contributed by atoms with van der Waals surface area (Å²) in [6.45, 7) is 8.00. The topological polar surface area (TPSA) is 48.5 Å². The van der Waals surface area contributed by atoms with Crippen molar-refractivity contribution in [3.05, 3.63) is 48.7 Å². The fourth-order valence-corrected chi connectivity index (χ4v) is 3.07. The Bertz CT molecular complexity index is 677. The summed E-state index contributed by atoms with van der Waals surface area (Å²) in [6, 6.07) is 14.5. The van der Waals surface area contributed by atoms with Crippen molar-refractivity contribution in [3.63, 3.8) is 0 Å². The molecule has 1 amide bonds. The van der Waals surface area contributed by atoms with Gasteiger partial charge in [0, 0.05) is 38.3 Å². The minimum atomic E-state index is 0.0201. The van der Waals surface area contributed by atoms with E-state index in [0.29, 0.717) is 18.2 Å². The number of carbonyl (C=O) groups is 1. The number of hydrogen-bond donors (Lipinski definition) is 1. The predicted molar refractivity (Wildman–Crippen MR) is 103 cm³/mol. The average Bonchev–Trinajstić information content (AvgIpc) is 2.62. The fraction of sp³-hybridized carbons (Fsp3) is 0.400. The van der Waals surface area contributed by atoms with Crippen molar-refractivity contribution in [2.24, 2.45) is 5.92 Å². The van der Waals surface area contributed by atoms with E-state index in [1.54, 1.807) is 0 Å². The Morgan fingerprint density at radius 2 is 1.64 bits per heavy atom. The Morgan fingerprint density at radius 3 is 2.20 bits per heavy atom. The van der Waals surface area contributed by atoms with Gasteiger partial charge in [-0.05, 0) is 30.2 Å². The summed E-state index contributed by atoms with van der Waals surface area (Å²) >= 11 is 0. The fourth-order valence-electron chi connectivity index (χ4n) is 3.07. The molecule has 1 N–H and O–H groups in total. The third kappa shape index (κ3) is 4.72. The molecule has 1 aliphatic heterocycles. The highest BCUT2D eigenvalue weighted by Crippen LogP contribution is 2.20. The largest absolute Gasteiger partial charge is 0.368 e. The van der Waals surface area contributed by atoms with Crippen LogP contribution < -0.4 is 15.1 Å². The molecule has 2 heterocycles. The molecule has 0 unspecified atom stereocenters. The van der Waals surface area contributed by atoms with Gasteiger partial charge in [-0.2, -0.15) is 0 Å². The van der Waals surface area contributed by atoms with Gasteiger partial charge in [-0.1, -0.05) is 32.0 Å². The normalized spacial score (nSPS) is 14.7. The third-order valence-electron chi connectivity index (χ3n) is 4.38. The van der Waals surface area contributed by atoms with Crippen LogP contribution in [0.15, 0.2) is 48.7 Å². The van der Waals surface area contributed by atoms with E-state index >= 15 is 0 Å². The smallest absolute Gasteiger partial charge is 0.225 e. The van der Waals surface area contributed by atoms with Gasteiger partial charge in [0.15, 0.2) is 0 Å². The molecule has 1 aromatic heterocycles. The molecule has 5 heteroatoms. The molecule has 0 saturated carbocycles. The van der Waals surface area contributed by atoms with Gasteiger partial charge < -0.3 is 15.1 Å². The highest BCUT2D eigenvalue weighted by Gasteiger charge is 2.17. The number of amides is 1. The zero-order chi connectivity index (χ0) is 17.6. The van der Waals surface area contributed by atoms with E-state index in [2.05, 4.69) is 44.4 Å². The number of benzene rings is 1. The first-order chi connectivity index (χ1) is 12.1. The maximum atomic E-state index is 11.8. The zero-order valence-corrected chi connectivity index (χ0v) is 15.0. The predicted octanol–water partition coefficient (Wildman–Crippen LogP) is 3.39. The lowest BCUT2D eigenvalue weighted by atomic mass is 10.1. The molecular formula is C20H26N4O. The molecule has 1 aromatic carbocycles. The standard InChI is InChI=1S/C20H26N4O/c1-16(2)14-20(25)22-19-9-8-18(15-21-19)24-12-10-23(11-13-24)17-6-4-3-5-7-17/h3-9,15-16H,10-14H2,1-2H3,(H,21,22,25). The van der Waals surface area contributed by atoms with Crippen LogP contribution in [0.4, 0.5) is 17.2 Å². The second-order valence-electron chi connectivity index (χ2n) is 6.86. The Labute approximate surface area is 149 Å². The summed E-state index contributed by atoms with van der Waals surface area (Å²) in [4.78, 5) is 21.0. The van der Waals surface area contributed by atoms with E-state index in [1.165, 1.54) is 5.69 Å². The van der Waals surface area contributed by atoms with Crippen LogP contribution in [-0.4, -0.2) is 37.1 Å². The van der Waals surface area contributed by atoms with Crippen molar-refractivity contribution < 1.29 is 4.79 Å². The summed E-state index contributed by atoms with van der Waals surface area (Å²) in [5.74, 6) is 0.990. The molecule has 132 valence electrons. The number of aromatic nitrogens is 1. The first-order valence-corrected chi connectivity index (χ1v) is 8.92. The van der Waals surface area contributed by atoms with E-state index in [4.69, 9.17) is 0 Å². The van der Waals surface area contributed by atoms with Gasteiger partial charge in [0.25, 0.3) is 0 Å². The van der Waals surface area contributed by atoms with E-state index in [1.807, 2.05) is 38.2 Å². The third-order valence-corrected chi connectivity index (χ3v) is 4.38. The van der Waals surface area contributed by atoms with E-state index < -0.39 is 0 Å². The van der Waals surface area contributed by atoms with E-state index in [9.17, 15) is 4.79 Å². The minimum absolute atomic E-state index is 0.0201. The summed E-state index contributed by atoms with van der Waals surface area (Å²) in [7, 11) is 0. The summed E-state index contributed by atoms with van der Waals surface area (Å²) in [5.41, 5.74) is 2.39. The Hall–Kier alpha value is -2.56. The number of piperazine rings is 1. The van der Waals surface area contributed by atoms with Crippen molar-refractivity contribution >= 4 is 23.1 Å². The van der Waals surface area contributed by atoms with Gasteiger partial charge in [-0.3, -0.25) is 4.79 Å². The SMILES string of the molecule is CC(C)CC(=O)Nc1ccc(N2CCN(c3ccccc3)CC2)cn1. The molecule has 3 rings (SSSR count). The monoisotopic (exact) mass is 338 g/mol.